The number of halogens is 1. The summed E-state index contributed by atoms with van der Waals surface area (Å²) in [7, 11) is 0. The number of carbonyl (C=O) groups is 1. The molecule has 0 aliphatic rings. The van der Waals surface area contributed by atoms with Crippen LogP contribution in [0, 0.1) is 33.0 Å². The molecule has 2 aromatic rings. The minimum Gasteiger partial charge on any atom is -0.346 e. The molecule has 2 aromatic carbocycles. The van der Waals surface area contributed by atoms with E-state index >= 15 is 0 Å². The largest absolute Gasteiger partial charge is 0.346 e. The summed E-state index contributed by atoms with van der Waals surface area (Å²) in [4.78, 5) is 32.9. The number of benzene rings is 2. The summed E-state index contributed by atoms with van der Waals surface area (Å²) in [6.07, 6.45) is 0. The molecule has 25 heavy (non-hydrogen) atoms. The van der Waals surface area contributed by atoms with E-state index in [1.807, 2.05) is 0 Å². The van der Waals surface area contributed by atoms with E-state index < -0.39 is 39.0 Å². The van der Waals surface area contributed by atoms with Gasteiger partial charge in [0.2, 0.25) is 0 Å². The van der Waals surface area contributed by atoms with E-state index in [1.54, 1.807) is 6.92 Å². The van der Waals surface area contributed by atoms with Gasteiger partial charge in [0.25, 0.3) is 17.3 Å². The fraction of sp³-hybridized carbons (Fsp3) is 0.188. The fourth-order valence-corrected chi connectivity index (χ4v) is 2.31. The Balaban J connectivity index is 2.33. The van der Waals surface area contributed by atoms with Gasteiger partial charge in [-0.25, -0.2) is 4.39 Å². The number of nitro groups is 2. The van der Waals surface area contributed by atoms with Crippen molar-refractivity contribution in [1.29, 1.82) is 0 Å². The first-order valence-corrected chi connectivity index (χ1v) is 7.20. The summed E-state index contributed by atoms with van der Waals surface area (Å²) in [5.74, 6) is -1.13. The van der Waals surface area contributed by atoms with Gasteiger partial charge in [-0.1, -0.05) is 12.1 Å². The van der Waals surface area contributed by atoms with Crippen molar-refractivity contribution in [2.24, 2.45) is 0 Å². The van der Waals surface area contributed by atoms with Crippen LogP contribution >= 0.6 is 0 Å². The third-order valence-corrected chi connectivity index (χ3v) is 3.73. The van der Waals surface area contributed by atoms with Crippen LogP contribution in [0.15, 0.2) is 36.4 Å². The Labute approximate surface area is 141 Å². The molecule has 0 aliphatic carbocycles. The SMILES string of the molecule is Cc1c([N+](=O)[O-])cc(C(=O)N[C@H](C)c2ccc(F)cc2)cc1[N+](=O)[O-]. The Morgan fingerprint density at radius 1 is 1.08 bits per heavy atom. The number of hydrogen-bond donors (Lipinski definition) is 1. The minimum atomic E-state index is -0.775. The van der Waals surface area contributed by atoms with Gasteiger partial charge < -0.3 is 5.32 Å². The molecule has 0 saturated heterocycles. The Bertz CT molecular complexity index is 816. The van der Waals surface area contributed by atoms with Gasteiger partial charge in [-0.3, -0.25) is 25.0 Å². The van der Waals surface area contributed by atoms with Crippen LogP contribution in [0.4, 0.5) is 15.8 Å². The van der Waals surface area contributed by atoms with E-state index in [2.05, 4.69) is 5.32 Å². The number of rotatable bonds is 5. The van der Waals surface area contributed by atoms with Crippen LogP contribution in [0.2, 0.25) is 0 Å². The highest BCUT2D eigenvalue weighted by Crippen LogP contribution is 2.29. The van der Waals surface area contributed by atoms with E-state index in [-0.39, 0.29) is 11.1 Å². The number of carbonyl (C=O) groups excluding carboxylic acids is 1. The summed E-state index contributed by atoms with van der Waals surface area (Å²) in [5.41, 5.74) is -0.718. The molecule has 0 unspecified atom stereocenters. The first-order valence-electron chi connectivity index (χ1n) is 7.20. The van der Waals surface area contributed by atoms with Crippen LogP contribution in [0.25, 0.3) is 0 Å². The molecule has 0 spiro atoms. The van der Waals surface area contributed by atoms with Gasteiger partial charge in [0.1, 0.15) is 11.4 Å². The topological polar surface area (TPSA) is 115 Å². The molecule has 9 heteroatoms. The van der Waals surface area contributed by atoms with Gasteiger partial charge >= 0.3 is 0 Å². The van der Waals surface area contributed by atoms with Gasteiger partial charge in [-0.15, -0.1) is 0 Å². The molecule has 0 aliphatic heterocycles. The maximum atomic E-state index is 12.9. The fourth-order valence-electron chi connectivity index (χ4n) is 2.31. The second-order valence-corrected chi connectivity index (χ2v) is 5.40. The summed E-state index contributed by atoms with van der Waals surface area (Å²) < 4.78 is 12.9. The smallest absolute Gasteiger partial charge is 0.279 e. The zero-order valence-electron chi connectivity index (χ0n) is 13.4. The number of nitrogens with zero attached hydrogens (tertiary/aromatic N) is 2. The standard InChI is InChI=1S/C16H14FN3O5/c1-9-14(19(22)23)7-12(8-15(9)20(24)25)16(21)18-10(2)11-3-5-13(17)6-4-11/h3-8,10H,1-2H3,(H,18,21)/t10-/m1/s1. The summed E-state index contributed by atoms with van der Waals surface area (Å²) in [6, 6.07) is 6.91. The highest BCUT2D eigenvalue weighted by atomic mass is 19.1. The van der Waals surface area contributed by atoms with Crippen LogP contribution < -0.4 is 5.32 Å². The lowest BCUT2D eigenvalue weighted by molar-refractivity contribution is -0.395. The monoisotopic (exact) mass is 347 g/mol. The third kappa shape index (κ3) is 3.94. The molecule has 8 nitrogen and oxygen atoms in total. The number of nitrogens with one attached hydrogen (secondary N) is 1. The maximum absolute atomic E-state index is 12.9. The molecule has 130 valence electrons. The molecule has 1 amide bonds. The zero-order chi connectivity index (χ0) is 18.7. The normalized spacial score (nSPS) is 11.6. The van der Waals surface area contributed by atoms with Crippen molar-refractivity contribution < 1.29 is 19.0 Å². The molecule has 0 saturated carbocycles. The van der Waals surface area contributed by atoms with E-state index in [0.717, 1.165) is 12.1 Å². The predicted octanol–water partition coefficient (Wildman–Crippen LogP) is 3.44. The van der Waals surface area contributed by atoms with Crippen molar-refractivity contribution in [3.05, 3.63) is 79.1 Å². The molecule has 1 N–H and O–H groups in total. The predicted molar refractivity (Wildman–Crippen MR) is 86.8 cm³/mol. The molecule has 1 atom stereocenters. The molecule has 2 rings (SSSR count). The van der Waals surface area contributed by atoms with Crippen molar-refractivity contribution in [2.75, 3.05) is 0 Å². The van der Waals surface area contributed by atoms with Crippen molar-refractivity contribution in [3.63, 3.8) is 0 Å². The zero-order valence-corrected chi connectivity index (χ0v) is 13.4. The van der Waals surface area contributed by atoms with Crippen LogP contribution in [-0.4, -0.2) is 15.8 Å². The first kappa shape index (κ1) is 18.0. The van der Waals surface area contributed by atoms with Gasteiger partial charge in [-0.05, 0) is 31.5 Å². The van der Waals surface area contributed by atoms with Gasteiger partial charge in [0, 0.05) is 12.1 Å². The number of hydrogen-bond acceptors (Lipinski definition) is 5. The Kier molecular flexibility index (Phi) is 5.06. The molecule has 0 heterocycles. The molecular weight excluding hydrogens is 333 g/mol. The lowest BCUT2D eigenvalue weighted by atomic mass is 10.1. The average molecular weight is 347 g/mol. The summed E-state index contributed by atoms with van der Waals surface area (Å²) in [6.45, 7) is 2.89. The van der Waals surface area contributed by atoms with Crippen LogP contribution in [-0.2, 0) is 0 Å². The summed E-state index contributed by atoms with van der Waals surface area (Å²) in [5, 5.41) is 24.7. The lowest BCUT2D eigenvalue weighted by Crippen LogP contribution is -2.26. The minimum absolute atomic E-state index is 0.127. The van der Waals surface area contributed by atoms with E-state index in [4.69, 9.17) is 0 Å². The molecule has 0 radical (unpaired) electrons. The highest BCUT2D eigenvalue weighted by molar-refractivity contribution is 5.96. The lowest BCUT2D eigenvalue weighted by Gasteiger charge is -2.14. The Morgan fingerprint density at radius 3 is 2.00 bits per heavy atom. The third-order valence-electron chi connectivity index (χ3n) is 3.73. The number of amides is 1. The average Bonchev–Trinajstić information content (AvgIpc) is 2.54. The molecule has 0 aromatic heterocycles. The van der Waals surface area contributed by atoms with Crippen molar-refractivity contribution in [2.45, 2.75) is 19.9 Å². The van der Waals surface area contributed by atoms with Crippen molar-refractivity contribution >= 4 is 17.3 Å². The van der Waals surface area contributed by atoms with Crippen LogP contribution in [0.3, 0.4) is 0 Å². The Hall–Kier alpha value is -3.36. The number of nitro benzene ring substituents is 2. The van der Waals surface area contributed by atoms with Gasteiger partial charge in [0.15, 0.2) is 0 Å². The summed E-state index contributed by atoms with van der Waals surface area (Å²) >= 11 is 0. The molecule has 0 bridgehead atoms. The van der Waals surface area contributed by atoms with Crippen molar-refractivity contribution in [1.82, 2.24) is 5.32 Å². The van der Waals surface area contributed by atoms with Gasteiger partial charge in [-0.2, -0.15) is 0 Å². The first-order chi connectivity index (χ1) is 11.7. The van der Waals surface area contributed by atoms with E-state index in [0.29, 0.717) is 5.56 Å². The second kappa shape index (κ2) is 7.04. The molecular formula is C16H14FN3O5. The quantitative estimate of drug-likeness (QED) is 0.657. The molecule has 0 fully saturated rings. The van der Waals surface area contributed by atoms with Crippen molar-refractivity contribution in [3.8, 4) is 0 Å². The maximum Gasteiger partial charge on any atom is 0.279 e. The highest BCUT2D eigenvalue weighted by Gasteiger charge is 2.25. The van der Waals surface area contributed by atoms with E-state index in [1.165, 1.54) is 31.2 Å². The second-order valence-electron chi connectivity index (χ2n) is 5.40. The van der Waals surface area contributed by atoms with E-state index in [9.17, 15) is 29.4 Å². The van der Waals surface area contributed by atoms with Crippen LogP contribution in [0.1, 0.15) is 34.5 Å². The Morgan fingerprint density at radius 2 is 1.56 bits per heavy atom. The van der Waals surface area contributed by atoms with Crippen LogP contribution in [0.5, 0.6) is 0 Å². The van der Waals surface area contributed by atoms with Gasteiger partial charge in [0.05, 0.1) is 21.5 Å².